The molecule has 0 saturated carbocycles. The summed E-state index contributed by atoms with van der Waals surface area (Å²) in [6.45, 7) is 3.58. The lowest BCUT2D eigenvalue weighted by Gasteiger charge is -2.12. The first-order chi connectivity index (χ1) is 13.4. The summed E-state index contributed by atoms with van der Waals surface area (Å²) in [5.74, 6) is 0.0611. The smallest absolute Gasteiger partial charge is 0.321 e. The van der Waals surface area contributed by atoms with Gasteiger partial charge in [0, 0.05) is 17.1 Å². The van der Waals surface area contributed by atoms with Gasteiger partial charge in [0.2, 0.25) is 5.91 Å². The Labute approximate surface area is 162 Å². The van der Waals surface area contributed by atoms with Crippen molar-refractivity contribution in [2.45, 2.75) is 26.3 Å². The van der Waals surface area contributed by atoms with Gasteiger partial charge in [-0.25, -0.2) is 14.8 Å². The number of nitrogens with zero attached hydrogens (tertiary/aromatic N) is 2. The lowest BCUT2D eigenvalue weighted by atomic mass is 10.0. The molecule has 28 heavy (non-hydrogen) atoms. The third-order valence-corrected chi connectivity index (χ3v) is 4.44. The quantitative estimate of drug-likeness (QED) is 0.540. The molecule has 0 fully saturated rings. The fourth-order valence-electron chi connectivity index (χ4n) is 2.88. The molecule has 0 spiro atoms. The van der Waals surface area contributed by atoms with Gasteiger partial charge in [-0.1, -0.05) is 31.2 Å². The Kier molecular flexibility index (Phi) is 5.39. The highest BCUT2D eigenvalue weighted by atomic mass is 16.2. The summed E-state index contributed by atoms with van der Waals surface area (Å²) in [5.41, 5.74) is 14.2. The predicted molar refractivity (Wildman–Crippen MR) is 110 cm³/mol. The standard InChI is InChI=1S/C20H22N6O2/c1-3-12-6-4-5-7-14(12)16-8-13-9-17(23-10-15(13)18(21)25-16)26-20(28)24-11(2)19(22)27/h4-11H,3H2,1-2H3,(H2,21,25)(H2,22,27)(H2,23,24,26,28)/t11-/m1/s1. The van der Waals surface area contributed by atoms with Gasteiger partial charge in [0.05, 0.1) is 5.69 Å². The molecule has 0 aliphatic heterocycles. The third kappa shape index (κ3) is 4.01. The lowest BCUT2D eigenvalue weighted by molar-refractivity contribution is -0.119. The highest BCUT2D eigenvalue weighted by Crippen LogP contribution is 2.29. The number of benzene rings is 1. The van der Waals surface area contributed by atoms with Crippen LogP contribution in [-0.4, -0.2) is 27.9 Å². The first-order valence-corrected chi connectivity index (χ1v) is 8.90. The summed E-state index contributed by atoms with van der Waals surface area (Å²) in [7, 11) is 0. The molecule has 3 amide bonds. The van der Waals surface area contributed by atoms with E-state index in [1.54, 1.807) is 12.3 Å². The minimum atomic E-state index is -0.794. The minimum Gasteiger partial charge on any atom is -0.383 e. The van der Waals surface area contributed by atoms with E-state index in [0.717, 1.165) is 23.1 Å². The Hall–Kier alpha value is -3.68. The summed E-state index contributed by atoms with van der Waals surface area (Å²) in [5, 5.41) is 6.51. The van der Waals surface area contributed by atoms with E-state index in [2.05, 4.69) is 33.6 Å². The van der Waals surface area contributed by atoms with Crippen LogP contribution in [-0.2, 0) is 11.2 Å². The van der Waals surface area contributed by atoms with E-state index in [1.165, 1.54) is 12.5 Å². The first kappa shape index (κ1) is 19.1. The molecule has 6 N–H and O–H groups in total. The molecular formula is C20H22N6O2. The molecule has 1 aromatic carbocycles. The molecular weight excluding hydrogens is 356 g/mol. The van der Waals surface area contributed by atoms with Crippen molar-refractivity contribution >= 4 is 34.3 Å². The van der Waals surface area contributed by atoms with E-state index >= 15 is 0 Å². The van der Waals surface area contributed by atoms with Crippen LogP contribution in [0.25, 0.3) is 22.0 Å². The zero-order valence-corrected chi connectivity index (χ0v) is 15.7. The molecule has 144 valence electrons. The monoisotopic (exact) mass is 378 g/mol. The molecule has 0 bridgehead atoms. The number of amides is 3. The van der Waals surface area contributed by atoms with Crippen LogP contribution < -0.4 is 22.1 Å². The Bertz CT molecular complexity index is 1050. The van der Waals surface area contributed by atoms with Crippen LogP contribution >= 0.6 is 0 Å². The maximum absolute atomic E-state index is 12.0. The van der Waals surface area contributed by atoms with Crippen molar-refractivity contribution in [1.82, 2.24) is 15.3 Å². The number of aromatic nitrogens is 2. The van der Waals surface area contributed by atoms with Gasteiger partial charge < -0.3 is 16.8 Å². The van der Waals surface area contributed by atoms with Crippen molar-refractivity contribution in [3.8, 4) is 11.3 Å². The average Bonchev–Trinajstić information content (AvgIpc) is 2.67. The Balaban J connectivity index is 1.95. The van der Waals surface area contributed by atoms with Gasteiger partial charge >= 0.3 is 6.03 Å². The Morgan fingerprint density at radius 1 is 1.21 bits per heavy atom. The highest BCUT2D eigenvalue weighted by molar-refractivity contribution is 5.97. The van der Waals surface area contributed by atoms with Crippen LogP contribution in [0.3, 0.4) is 0 Å². The number of urea groups is 1. The highest BCUT2D eigenvalue weighted by Gasteiger charge is 2.14. The molecule has 2 aromatic heterocycles. The number of rotatable bonds is 5. The molecule has 2 heterocycles. The van der Waals surface area contributed by atoms with E-state index in [9.17, 15) is 9.59 Å². The number of pyridine rings is 2. The number of carbonyl (C=O) groups excluding carboxylic acids is 2. The number of anilines is 2. The largest absolute Gasteiger partial charge is 0.383 e. The molecule has 0 aliphatic carbocycles. The van der Waals surface area contributed by atoms with E-state index in [0.29, 0.717) is 17.0 Å². The number of nitrogens with one attached hydrogen (secondary N) is 2. The molecule has 0 saturated heterocycles. The molecule has 3 aromatic rings. The van der Waals surface area contributed by atoms with Gasteiger partial charge in [0.15, 0.2) is 0 Å². The van der Waals surface area contributed by atoms with Gasteiger partial charge in [-0.3, -0.25) is 10.1 Å². The predicted octanol–water partition coefficient (Wildman–Crippen LogP) is 2.44. The summed E-state index contributed by atoms with van der Waals surface area (Å²) >= 11 is 0. The van der Waals surface area contributed by atoms with Gasteiger partial charge in [-0.15, -0.1) is 0 Å². The number of aryl methyl sites for hydroxylation is 1. The molecule has 8 nitrogen and oxygen atoms in total. The van der Waals surface area contributed by atoms with Crippen LogP contribution in [0.1, 0.15) is 19.4 Å². The van der Waals surface area contributed by atoms with E-state index in [1.807, 2.05) is 24.3 Å². The van der Waals surface area contributed by atoms with Crippen molar-refractivity contribution in [3.63, 3.8) is 0 Å². The van der Waals surface area contributed by atoms with Gasteiger partial charge in [0.25, 0.3) is 0 Å². The second kappa shape index (κ2) is 7.91. The van der Waals surface area contributed by atoms with Crippen molar-refractivity contribution in [1.29, 1.82) is 0 Å². The first-order valence-electron chi connectivity index (χ1n) is 8.90. The molecule has 0 unspecified atom stereocenters. The lowest BCUT2D eigenvalue weighted by Crippen LogP contribution is -2.44. The van der Waals surface area contributed by atoms with Crippen molar-refractivity contribution in [2.75, 3.05) is 11.1 Å². The molecule has 0 radical (unpaired) electrons. The normalized spacial score (nSPS) is 11.8. The van der Waals surface area contributed by atoms with Crippen LogP contribution in [0, 0.1) is 0 Å². The number of primary amides is 1. The number of nitrogen functional groups attached to an aromatic ring is 1. The van der Waals surface area contributed by atoms with Crippen LogP contribution in [0.2, 0.25) is 0 Å². The number of nitrogens with two attached hydrogens (primary N) is 2. The van der Waals surface area contributed by atoms with Crippen LogP contribution in [0.15, 0.2) is 42.6 Å². The second-order valence-corrected chi connectivity index (χ2v) is 6.42. The topological polar surface area (TPSA) is 136 Å². The summed E-state index contributed by atoms with van der Waals surface area (Å²) in [4.78, 5) is 31.8. The number of fused-ring (bicyclic) bond motifs is 1. The minimum absolute atomic E-state index is 0.321. The summed E-state index contributed by atoms with van der Waals surface area (Å²) in [6, 6.07) is 10.3. The van der Waals surface area contributed by atoms with Crippen molar-refractivity contribution in [2.24, 2.45) is 5.73 Å². The third-order valence-electron chi connectivity index (χ3n) is 4.44. The van der Waals surface area contributed by atoms with Crippen molar-refractivity contribution in [3.05, 3.63) is 48.2 Å². The fourth-order valence-corrected chi connectivity index (χ4v) is 2.88. The van der Waals surface area contributed by atoms with Crippen molar-refractivity contribution < 1.29 is 9.59 Å². The maximum Gasteiger partial charge on any atom is 0.321 e. The van der Waals surface area contributed by atoms with Gasteiger partial charge in [-0.05, 0) is 36.4 Å². The second-order valence-electron chi connectivity index (χ2n) is 6.42. The molecule has 8 heteroatoms. The Morgan fingerprint density at radius 2 is 1.96 bits per heavy atom. The van der Waals surface area contributed by atoms with Gasteiger partial charge in [0.1, 0.15) is 17.7 Å². The number of carbonyl (C=O) groups is 2. The van der Waals surface area contributed by atoms with Crippen LogP contribution in [0.5, 0.6) is 0 Å². The zero-order chi connectivity index (χ0) is 20.3. The SMILES string of the molecule is CCc1ccccc1-c1cc2cc(NC(=O)N[C@H](C)C(N)=O)ncc2c(N)n1. The molecule has 0 aliphatic rings. The molecule has 3 rings (SSSR count). The molecule has 1 atom stereocenters. The van der Waals surface area contributed by atoms with E-state index in [4.69, 9.17) is 11.5 Å². The maximum atomic E-state index is 12.0. The van der Waals surface area contributed by atoms with E-state index < -0.39 is 18.0 Å². The summed E-state index contributed by atoms with van der Waals surface area (Å²) in [6.07, 6.45) is 2.43. The number of hydrogen-bond acceptors (Lipinski definition) is 5. The zero-order valence-electron chi connectivity index (χ0n) is 15.7. The fraction of sp³-hybridized carbons (Fsp3) is 0.200. The Morgan fingerprint density at radius 3 is 2.68 bits per heavy atom. The van der Waals surface area contributed by atoms with Gasteiger partial charge in [-0.2, -0.15) is 0 Å². The number of hydrogen-bond donors (Lipinski definition) is 4. The summed E-state index contributed by atoms with van der Waals surface area (Å²) < 4.78 is 0. The van der Waals surface area contributed by atoms with Crippen LogP contribution in [0.4, 0.5) is 16.4 Å². The van der Waals surface area contributed by atoms with E-state index in [-0.39, 0.29) is 0 Å². The average molecular weight is 378 g/mol.